The van der Waals surface area contributed by atoms with Crippen LogP contribution in [0.4, 0.5) is 5.69 Å². The summed E-state index contributed by atoms with van der Waals surface area (Å²) in [6, 6.07) is 7.46. The maximum Gasteiger partial charge on any atom is 0.227 e. The van der Waals surface area contributed by atoms with Gasteiger partial charge in [0.15, 0.2) is 0 Å². The van der Waals surface area contributed by atoms with Crippen molar-refractivity contribution in [2.75, 3.05) is 5.32 Å². The average Bonchev–Trinajstić information content (AvgIpc) is 2.39. The predicted molar refractivity (Wildman–Crippen MR) is 76.8 cm³/mol. The van der Waals surface area contributed by atoms with Crippen LogP contribution in [0.2, 0.25) is 0 Å². The molecule has 104 valence electrons. The van der Waals surface area contributed by atoms with Gasteiger partial charge in [-0.1, -0.05) is 25.1 Å². The zero-order valence-corrected chi connectivity index (χ0v) is 11.7. The Morgan fingerprint density at radius 2 is 1.89 bits per heavy atom. The Morgan fingerprint density at radius 1 is 1.26 bits per heavy atom. The Morgan fingerprint density at radius 3 is 2.53 bits per heavy atom. The minimum absolute atomic E-state index is 0.0972. The summed E-state index contributed by atoms with van der Waals surface area (Å²) in [4.78, 5) is 12.3. The van der Waals surface area contributed by atoms with E-state index in [9.17, 15) is 9.90 Å². The number of nitrogens with one attached hydrogen (secondary N) is 1. The van der Waals surface area contributed by atoms with E-state index in [1.165, 1.54) is 0 Å². The summed E-state index contributed by atoms with van der Waals surface area (Å²) in [6.07, 6.45) is 3.66. The smallest absolute Gasteiger partial charge is 0.227 e. The number of carbonyl (C=O) groups excluding carboxylic acids is 1. The second-order valence-electron chi connectivity index (χ2n) is 5.71. The largest absolute Gasteiger partial charge is 0.389 e. The Kier molecular flexibility index (Phi) is 4.59. The summed E-state index contributed by atoms with van der Waals surface area (Å²) < 4.78 is 0. The lowest BCUT2D eigenvalue weighted by Crippen LogP contribution is -2.27. The quantitative estimate of drug-likeness (QED) is 0.874. The van der Waals surface area contributed by atoms with Crippen LogP contribution in [0.5, 0.6) is 0 Å². The second kappa shape index (κ2) is 6.20. The van der Waals surface area contributed by atoms with Crippen LogP contribution in [0, 0.1) is 11.8 Å². The van der Waals surface area contributed by atoms with E-state index in [2.05, 4.69) is 12.2 Å². The van der Waals surface area contributed by atoms with Gasteiger partial charge in [0.1, 0.15) is 0 Å². The molecule has 2 N–H and O–H groups in total. The van der Waals surface area contributed by atoms with Crippen molar-refractivity contribution in [3.8, 4) is 0 Å². The molecule has 3 heteroatoms. The van der Waals surface area contributed by atoms with Crippen LogP contribution in [-0.2, 0) is 4.79 Å². The highest BCUT2D eigenvalue weighted by atomic mass is 16.3. The van der Waals surface area contributed by atoms with Gasteiger partial charge in [0, 0.05) is 17.2 Å². The van der Waals surface area contributed by atoms with Crippen LogP contribution in [0.25, 0.3) is 0 Å². The van der Waals surface area contributed by atoms with Gasteiger partial charge in [0.2, 0.25) is 5.91 Å². The van der Waals surface area contributed by atoms with Gasteiger partial charge in [-0.2, -0.15) is 0 Å². The molecule has 0 aromatic heterocycles. The molecule has 19 heavy (non-hydrogen) atoms. The third-order valence-electron chi connectivity index (χ3n) is 4.06. The van der Waals surface area contributed by atoms with Crippen LogP contribution in [0.15, 0.2) is 24.3 Å². The predicted octanol–water partition coefficient (Wildman–Crippen LogP) is 3.50. The Balaban J connectivity index is 2.03. The normalized spacial score (nSPS) is 24.8. The number of carbonyl (C=O) groups is 1. The Labute approximate surface area is 115 Å². The molecule has 1 saturated carbocycles. The minimum Gasteiger partial charge on any atom is -0.389 e. The molecule has 1 atom stereocenters. The molecule has 3 nitrogen and oxygen atoms in total. The third kappa shape index (κ3) is 3.57. The van der Waals surface area contributed by atoms with Crippen molar-refractivity contribution >= 4 is 11.6 Å². The van der Waals surface area contributed by atoms with Gasteiger partial charge in [0.25, 0.3) is 0 Å². The van der Waals surface area contributed by atoms with Crippen molar-refractivity contribution in [2.24, 2.45) is 11.8 Å². The topological polar surface area (TPSA) is 49.3 Å². The SMILES string of the molecule is CC1CCC(C(=O)Nc2ccccc2C(C)O)CC1. The van der Waals surface area contributed by atoms with E-state index in [0.29, 0.717) is 0 Å². The van der Waals surface area contributed by atoms with Crippen LogP contribution in [-0.4, -0.2) is 11.0 Å². The number of hydrogen-bond donors (Lipinski definition) is 2. The minimum atomic E-state index is -0.567. The molecule has 1 fully saturated rings. The number of aliphatic hydroxyl groups excluding tert-OH is 1. The molecule has 0 radical (unpaired) electrons. The first-order chi connectivity index (χ1) is 9.08. The number of para-hydroxylation sites is 1. The summed E-state index contributed by atoms with van der Waals surface area (Å²) in [7, 11) is 0. The van der Waals surface area contributed by atoms with E-state index < -0.39 is 6.10 Å². The molecule has 0 heterocycles. The maximum atomic E-state index is 12.3. The van der Waals surface area contributed by atoms with E-state index in [4.69, 9.17) is 0 Å². The van der Waals surface area contributed by atoms with E-state index in [0.717, 1.165) is 42.9 Å². The average molecular weight is 261 g/mol. The van der Waals surface area contributed by atoms with Crippen LogP contribution < -0.4 is 5.32 Å². The van der Waals surface area contributed by atoms with Gasteiger partial charge < -0.3 is 10.4 Å². The molecule has 1 aromatic carbocycles. The number of aliphatic hydroxyl groups is 1. The van der Waals surface area contributed by atoms with Crippen LogP contribution in [0.3, 0.4) is 0 Å². The van der Waals surface area contributed by atoms with Crippen molar-refractivity contribution in [3.63, 3.8) is 0 Å². The summed E-state index contributed by atoms with van der Waals surface area (Å²) in [5.41, 5.74) is 1.51. The summed E-state index contributed by atoms with van der Waals surface area (Å²) in [5, 5.41) is 12.7. The highest BCUT2D eigenvalue weighted by Crippen LogP contribution is 2.30. The first-order valence-corrected chi connectivity index (χ1v) is 7.15. The molecule has 1 unspecified atom stereocenters. The summed E-state index contributed by atoms with van der Waals surface area (Å²) in [5.74, 6) is 0.965. The zero-order valence-electron chi connectivity index (χ0n) is 11.7. The zero-order chi connectivity index (χ0) is 13.8. The van der Waals surface area contributed by atoms with Gasteiger partial charge in [-0.3, -0.25) is 4.79 Å². The third-order valence-corrected chi connectivity index (χ3v) is 4.06. The van der Waals surface area contributed by atoms with Gasteiger partial charge in [-0.15, -0.1) is 0 Å². The molecule has 1 aliphatic carbocycles. The monoisotopic (exact) mass is 261 g/mol. The van der Waals surface area contributed by atoms with Crippen molar-refractivity contribution in [3.05, 3.63) is 29.8 Å². The number of rotatable bonds is 3. The number of amides is 1. The van der Waals surface area contributed by atoms with Crippen LogP contribution >= 0.6 is 0 Å². The molecule has 1 amide bonds. The fraction of sp³-hybridized carbons (Fsp3) is 0.562. The Bertz CT molecular complexity index is 434. The number of benzene rings is 1. The molecule has 0 saturated heterocycles. The summed E-state index contributed by atoms with van der Waals surface area (Å²) >= 11 is 0. The highest BCUT2D eigenvalue weighted by Gasteiger charge is 2.24. The number of anilines is 1. The first kappa shape index (κ1) is 14.1. The van der Waals surface area contributed by atoms with Gasteiger partial charge in [0.05, 0.1) is 6.10 Å². The lowest BCUT2D eigenvalue weighted by Gasteiger charge is -2.25. The van der Waals surface area contributed by atoms with E-state index in [1.54, 1.807) is 6.92 Å². The molecular weight excluding hydrogens is 238 g/mol. The highest BCUT2D eigenvalue weighted by molar-refractivity contribution is 5.93. The van der Waals surface area contributed by atoms with Crippen molar-refractivity contribution in [2.45, 2.75) is 45.6 Å². The molecule has 2 rings (SSSR count). The maximum absolute atomic E-state index is 12.3. The van der Waals surface area contributed by atoms with E-state index in [1.807, 2.05) is 24.3 Å². The lowest BCUT2D eigenvalue weighted by atomic mass is 9.82. The Hall–Kier alpha value is -1.35. The van der Waals surface area contributed by atoms with E-state index >= 15 is 0 Å². The molecular formula is C16H23NO2. The van der Waals surface area contributed by atoms with Gasteiger partial charge >= 0.3 is 0 Å². The van der Waals surface area contributed by atoms with Crippen LogP contribution in [0.1, 0.15) is 51.2 Å². The summed E-state index contributed by atoms with van der Waals surface area (Å²) in [6.45, 7) is 3.96. The lowest BCUT2D eigenvalue weighted by molar-refractivity contribution is -0.121. The molecule has 0 aliphatic heterocycles. The first-order valence-electron chi connectivity index (χ1n) is 7.15. The second-order valence-corrected chi connectivity index (χ2v) is 5.71. The van der Waals surface area contributed by atoms with E-state index in [-0.39, 0.29) is 11.8 Å². The molecule has 1 aliphatic rings. The van der Waals surface area contributed by atoms with Crippen molar-refractivity contribution in [1.29, 1.82) is 0 Å². The standard InChI is InChI=1S/C16H23NO2/c1-11-7-9-13(10-8-11)16(19)17-15-6-4-3-5-14(15)12(2)18/h3-6,11-13,18H,7-10H2,1-2H3,(H,17,19). The van der Waals surface area contributed by atoms with Crippen molar-refractivity contribution in [1.82, 2.24) is 0 Å². The molecule has 0 bridgehead atoms. The van der Waals surface area contributed by atoms with Crippen molar-refractivity contribution < 1.29 is 9.90 Å². The fourth-order valence-corrected chi connectivity index (χ4v) is 2.73. The molecule has 0 spiro atoms. The fourth-order valence-electron chi connectivity index (χ4n) is 2.73. The van der Waals surface area contributed by atoms with Gasteiger partial charge in [-0.05, 0) is 44.6 Å². The van der Waals surface area contributed by atoms with Gasteiger partial charge in [-0.25, -0.2) is 0 Å². The number of hydrogen-bond acceptors (Lipinski definition) is 2. The molecule has 1 aromatic rings.